The van der Waals surface area contributed by atoms with E-state index in [-0.39, 0.29) is 17.0 Å². The zero-order chi connectivity index (χ0) is 12.5. The molecule has 0 bridgehead atoms. The van der Waals surface area contributed by atoms with Gasteiger partial charge in [-0.05, 0) is 50.1 Å². The summed E-state index contributed by atoms with van der Waals surface area (Å²) in [5, 5.41) is 3.25. The molecule has 1 aliphatic heterocycles. The Labute approximate surface area is 101 Å². The molecule has 0 spiro atoms. The van der Waals surface area contributed by atoms with Gasteiger partial charge in [0.2, 0.25) is 0 Å². The highest BCUT2D eigenvalue weighted by Gasteiger charge is 2.39. The van der Waals surface area contributed by atoms with Gasteiger partial charge in [0.1, 0.15) is 5.82 Å². The van der Waals surface area contributed by atoms with Crippen molar-refractivity contribution in [1.82, 2.24) is 5.32 Å². The van der Waals surface area contributed by atoms with Crippen LogP contribution in [0.1, 0.15) is 35.7 Å². The van der Waals surface area contributed by atoms with Crippen LogP contribution in [0.15, 0.2) is 18.2 Å². The molecule has 1 saturated heterocycles. The number of hydrogen-bond acceptors (Lipinski definition) is 2. The fourth-order valence-corrected chi connectivity index (χ4v) is 2.49. The van der Waals surface area contributed by atoms with E-state index in [1.54, 1.807) is 19.1 Å². The van der Waals surface area contributed by atoms with Gasteiger partial charge in [0.05, 0.1) is 0 Å². The third kappa shape index (κ3) is 2.12. The van der Waals surface area contributed by atoms with Gasteiger partial charge < -0.3 is 5.32 Å². The summed E-state index contributed by atoms with van der Waals surface area (Å²) in [6.07, 6.45) is 1.70. The van der Waals surface area contributed by atoms with Gasteiger partial charge in [-0.25, -0.2) is 4.39 Å². The topological polar surface area (TPSA) is 29.1 Å². The molecule has 17 heavy (non-hydrogen) atoms. The molecule has 0 saturated carbocycles. The molecule has 1 fully saturated rings. The van der Waals surface area contributed by atoms with E-state index in [9.17, 15) is 9.18 Å². The largest absolute Gasteiger partial charge is 0.316 e. The molecular formula is C14H18FNO. The number of Topliss-reactive ketones (excluding diaryl/α,β-unsaturated/α-hetero) is 1. The number of rotatable bonds is 3. The molecular weight excluding hydrogens is 217 g/mol. The van der Waals surface area contributed by atoms with E-state index in [0.29, 0.717) is 11.1 Å². The van der Waals surface area contributed by atoms with Gasteiger partial charge in [-0.1, -0.05) is 6.92 Å². The summed E-state index contributed by atoms with van der Waals surface area (Å²) in [7, 11) is 0. The van der Waals surface area contributed by atoms with E-state index < -0.39 is 0 Å². The minimum absolute atomic E-state index is 0.146. The van der Waals surface area contributed by atoms with Crippen LogP contribution in [0.5, 0.6) is 0 Å². The van der Waals surface area contributed by atoms with Crippen LogP contribution in [-0.2, 0) is 0 Å². The van der Waals surface area contributed by atoms with Gasteiger partial charge in [-0.3, -0.25) is 4.79 Å². The molecule has 0 aliphatic carbocycles. The zero-order valence-electron chi connectivity index (χ0n) is 10.3. The van der Waals surface area contributed by atoms with Crippen LogP contribution in [0, 0.1) is 18.2 Å². The smallest absolute Gasteiger partial charge is 0.170 e. The highest BCUT2D eigenvalue weighted by molar-refractivity contribution is 6.01. The molecule has 1 atom stereocenters. The van der Waals surface area contributed by atoms with Crippen LogP contribution >= 0.6 is 0 Å². The molecule has 1 N–H and O–H groups in total. The lowest BCUT2D eigenvalue weighted by atomic mass is 9.77. The Morgan fingerprint density at radius 2 is 2.29 bits per heavy atom. The molecule has 1 aromatic carbocycles. The van der Waals surface area contributed by atoms with Gasteiger partial charge >= 0.3 is 0 Å². The van der Waals surface area contributed by atoms with Crippen LogP contribution in [0.3, 0.4) is 0 Å². The fraction of sp³-hybridized carbons (Fsp3) is 0.500. The van der Waals surface area contributed by atoms with Gasteiger partial charge in [0.25, 0.3) is 0 Å². The van der Waals surface area contributed by atoms with Gasteiger partial charge in [0, 0.05) is 17.5 Å². The van der Waals surface area contributed by atoms with E-state index >= 15 is 0 Å². The molecule has 2 rings (SSSR count). The zero-order valence-corrected chi connectivity index (χ0v) is 10.3. The molecule has 1 aromatic rings. The summed E-state index contributed by atoms with van der Waals surface area (Å²) in [6.45, 7) is 5.36. The molecule has 1 aliphatic rings. The van der Waals surface area contributed by atoms with Crippen molar-refractivity contribution in [3.05, 3.63) is 35.1 Å². The summed E-state index contributed by atoms with van der Waals surface area (Å²) in [6, 6.07) is 4.64. The number of carbonyl (C=O) groups is 1. The predicted molar refractivity (Wildman–Crippen MR) is 65.7 cm³/mol. The molecule has 92 valence electrons. The van der Waals surface area contributed by atoms with Crippen molar-refractivity contribution in [3.63, 3.8) is 0 Å². The molecule has 3 heteroatoms. The lowest BCUT2D eigenvalue weighted by Gasteiger charge is -2.25. The first-order valence-electron chi connectivity index (χ1n) is 6.11. The van der Waals surface area contributed by atoms with Crippen LogP contribution in [0.25, 0.3) is 0 Å². The standard InChI is InChI=1S/C14H18FNO/c1-3-14(6-7-16-9-14)13(17)11-4-5-12(15)10(2)8-11/h4-5,8,16H,3,6-7,9H2,1-2H3. The maximum atomic E-state index is 13.2. The van der Waals surface area contributed by atoms with Crippen LogP contribution in [-0.4, -0.2) is 18.9 Å². The third-order valence-electron chi connectivity index (χ3n) is 3.82. The molecule has 0 radical (unpaired) electrons. The number of nitrogens with one attached hydrogen (secondary N) is 1. The Morgan fingerprint density at radius 3 is 2.82 bits per heavy atom. The van der Waals surface area contributed by atoms with Gasteiger partial charge in [-0.15, -0.1) is 0 Å². The second-order valence-electron chi connectivity index (χ2n) is 4.85. The monoisotopic (exact) mass is 235 g/mol. The third-order valence-corrected chi connectivity index (χ3v) is 3.82. The minimum Gasteiger partial charge on any atom is -0.316 e. The number of halogens is 1. The van der Waals surface area contributed by atoms with E-state index in [2.05, 4.69) is 5.32 Å². The highest BCUT2D eigenvalue weighted by atomic mass is 19.1. The average Bonchev–Trinajstić information content (AvgIpc) is 2.81. The molecule has 1 unspecified atom stereocenters. The Morgan fingerprint density at radius 1 is 1.53 bits per heavy atom. The molecule has 0 aromatic heterocycles. The number of benzene rings is 1. The Kier molecular flexibility index (Phi) is 3.29. The maximum Gasteiger partial charge on any atom is 0.170 e. The van der Waals surface area contributed by atoms with Crippen molar-refractivity contribution < 1.29 is 9.18 Å². The number of ketones is 1. The predicted octanol–water partition coefficient (Wildman–Crippen LogP) is 2.71. The number of hydrogen-bond donors (Lipinski definition) is 1. The van der Waals surface area contributed by atoms with E-state index in [0.717, 1.165) is 25.9 Å². The SMILES string of the molecule is CCC1(C(=O)c2ccc(F)c(C)c2)CCNC1. The summed E-state index contributed by atoms with van der Waals surface area (Å²) in [4.78, 5) is 12.5. The highest BCUT2D eigenvalue weighted by Crippen LogP contribution is 2.33. The first kappa shape index (κ1) is 12.2. The van der Waals surface area contributed by atoms with Crippen LogP contribution in [0.4, 0.5) is 4.39 Å². The fourth-order valence-electron chi connectivity index (χ4n) is 2.49. The molecule has 1 heterocycles. The maximum absolute atomic E-state index is 13.2. The Hall–Kier alpha value is -1.22. The second-order valence-corrected chi connectivity index (χ2v) is 4.85. The normalized spacial score (nSPS) is 23.9. The van der Waals surface area contributed by atoms with Crippen molar-refractivity contribution in [2.24, 2.45) is 5.41 Å². The number of carbonyl (C=O) groups excluding carboxylic acids is 1. The van der Waals surface area contributed by atoms with E-state index in [1.165, 1.54) is 6.07 Å². The summed E-state index contributed by atoms with van der Waals surface area (Å²) in [5.41, 5.74) is 0.882. The Balaban J connectivity index is 2.32. The quantitative estimate of drug-likeness (QED) is 0.816. The van der Waals surface area contributed by atoms with E-state index in [1.807, 2.05) is 6.92 Å². The summed E-state index contributed by atoms with van der Waals surface area (Å²) in [5.74, 6) is -0.107. The van der Waals surface area contributed by atoms with Crippen LogP contribution < -0.4 is 5.32 Å². The lowest BCUT2D eigenvalue weighted by molar-refractivity contribution is 0.0810. The van der Waals surface area contributed by atoms with Gasteiger partial charge in [-0.2, -0.15) is 0 Å². The van der Waals surface area contributed by atoms with Crippen molar-refractivity contribution >= 4 is 5.78 Å². The van der Waals surface area contributed by atoms with Crippen LogP contribution in [0.2, 0.25) is 0 Å². The van der Waals surface area contributed by atoms with Crippen molar-refractivity contribution in [2.75, 3.05) is 13.1 Å². The lowest BCUT2D eigenvalue weighted by Crippen LogP contribution is -2.33. The van der Waals surface area contributed by atoms with Gasteiger partial charge in [0.15, 0.2) is 5.78 Å². The van der Waals surface area contributed by atoms with Crippen molar-refractivity contribution in [3.8, 4) is 0 Å². The average molecular weight is 235 g/mol. The molecule has 0 amide bonds. The molecule has 2 nitrogen and oxygen atoms in total. The Bertz CT molecular complexity index is 436. The number of aryl methyl sites for hydroxylation is 1. The van der Waals surface area contributed by atoms with E-state index in [4.69, 9.17) is 0 Å². The minimum atomic E-state index is -0.287. The van der Waals surface area contributed by atoms with Crippen molar-refractivity contribution in [1.29, 1.82) is 0 Å². The van der Waals surface area contributed by atoms with Crippen molar-refractivity contribution in [2.45, 2.75) is 26.7 Å². The first-order chi connectivity index (χ1) is 8.09. The summed E-state index contributed by atoms with van der Waals surface area (Å²) < 4.78 is 13.2. The first-order valence-corrected chi connectivity index (χ1v) is 6.11. The second kappa shape index (κ2) is 4.57. The summed E-state index contributed by atoms with van der Waals surface area (Å²) >= 11 is 0.